The zero-order valence-corrected chi connectivity index (χ0v) is 18.2. The van der Waals surface area contributed by atoms with Gasteiger partial charge in [-0.1, -0.05) is 29.8 Å². The van der Waals surface area contributed by atoms with Gasteiger partial charge < -0.3 is 20.1 Å². The van der Waals surface area contributed by atoms with Gasteiger partial charge in [0.2, 0.25) is 0 Å². The van der Waals surface area contributed by atoms with Gasteiger partial charge in [0.15, 0.2) is 5.96 Å². The molecule has 1 aromatic carbocycles. The lowest BCUT2D eigenvalue weighted by Gasteiger charge is -2.32. The summed E-state index contributed by atoms with van der Waals surface area (Å²) < 4.78 is 11.5. The molecule has 2 heterocycles. The van der Waals surface area contributed by atoms with Crippen LogP contribution in [0.5, 0.6) is 0 Å². The summed E-state index contributed by atoms with van der Waals surface area (Å²) in [4.78, 5) is 6.89. The summed E-state index contributed by atoms with van der Waals surface area (Å²) in [6.07, 6.45) is 4.83. The Labute approximate surface area is 176 Å². The number of aryl methyl sites for hydroxylation is 1. The van der Waals surface area contributed by atoms with Crippen LogP contribution in [0.25, 0.3) is 0 Å². The number of aliphatic imine (C=N–C) groups is 1. The minimum Gasteiger partial charge on any atom is -0.379 e. The topological polar surface area (TPSA) is 58.1 Å². The van der Waals surface area contributed by atoms with Gasteiger partial charge in [0.1, 0.15) is 0 Å². The number of nitrogens with one attached hydrogen (secondary N) is 2. The Morgan fingerprint density at radius 3 is 2.66 bits per heavy atom. The number of hydrogen-bond acceptors (Lipinski definition) is 4. The molecule has 0 saturated carbocycles. The van der Waals surface area contributed by atoms with Crippen molar-refractivity contribution in [1.29, 1.82) is 0 Å². The highest BCUT2D eigenvalue weighted by atomic mass is 16.5. The molecule has 2 N–H and O–H groups in total. The maximum absolute atomic E-state index is 6.14. The van der Waals surface area contributed by atoms with Crippen LogP contribution in [-0.2, 0) is 9.47 Å². The molecule has 6 nitrogen and oxygen atoms in total. The van der Waals surface area contributed by atoms with E-state index >= 15 is 0 Å². The molecule has 2 unspecified atom stereocenters. The number of unbranched alkanes of at least 4 members (excludes halogenated alkanes) is 1. The molecule has 0 aliphatic carbocycles. The van der Waals surface area contributed by atoms with Gasteiger partial charge in [-0.3, -0.25) is 9.89 Å². The first-order chi connectivity index (χ1) is 14.3. The molecule has 0 aromatic heterocycles. The Bertz CT molecular complexity index is 614. The summed E-state index contributed by atoms with van der Waals surface area (Å²) in [5.41, 5.74) is 2.57. The predicted octanol–water partition coefficient (Wildman–Crippen LogP) is 2.74. The Balaban J connectivity index is 1.37. The molecule has 2 aliphatic heterocycles. The van der Waals surface area contributed by atoms with Crippen LogP contribution in [0.3, 0.4) is 0 Å². The number of nitrogens with zero attached hydrogens (tertiary/aromatic N) is 2. The predicted molar refractivity (Wildman–Crippen MR) is 118 cm³/mol. The molecule has 6 heteroatoms. The van der Waals surface area contributed by atoms with Crippen molar-refractivity contribution in [2.75, 3.05) is 59.6 Å². The van der Waals surface area contributed by atoms with Gasteiger partial charge in [0.05, 0.1) is 19.3 Å². The number of hydrogen-bond donors (Lipinski definition) is 2. The van der Waals surface area contributed by atoms with Crippen LogP contribution in [-0.4, -0.2) is 70.5 Å². The van der Waals surface area contributed by atoms with Crippen LogP contribution in [0.15, 0.2) is 29.3 Å². The van der Waals surface area contributed by atoms with Gasteiger partial charge in [-0.05, 0) is 44.7 Å². The monoisotopic (exact) mass is 402 g/mol. The third kappa shape index (κ3) is 7.28. The fourth-order valence-corrected chi connectivity index (χ4v) is 4.12. The van der Waals surface area contributed by atoms with E-state index < -0.39 is 0 Å². The van der Waals surface area contributed by atoms with E-state index in [0.717, 1.165) is 71.3 Å². The van der Waals surface area contributed by atoms with E-state index in [1.54, 1.807) is 0 Å². The van der Waals surface area contributed by atoms with Crippen molar-refractivity contribution in [3.63, 3.8) is 0 Å². The summed E-state index contributed by atoms with van der Waals surface area (Å²) >= 11 is 0. The highest BCUT2D eigenvalue weighted by molar-refractivity contribution is 5.79. The Kier molecular flexibility index (Phi) is 9.25. The van der Waals surface area contributed by atoms with Crippen molar-refractivity contribution in [3.05, 3.63) is 35.4 Å². The fourth-order valence-electron chi connectivity index (χ4n) is 4.12. The number of benzene rings is 1. The van der Waals surface area contributed by atoms with Gasteiger partial charge in [-0.2, -0.15) is 0 Å². The molecule has 2 saturated heterocycles. The summed E-state index contributed by atoms with van der Waals surface area (Å²) in [5.74, 6) is 1.36. The summed E-state index contributed by atoms with van der Waals surface area (Å²) in [5, 5.41) is 6.99. The zero-order valence-electron chi connectivity index (χ0n) is 18.2. The quantitative estimate of drug-likeness (QED) is 0.398. The number of morpholine rings is 1. The molecule has 29 heavy (non-hydrogen) atoms. The second kappa shape index (κ2) is 12.2. The average molecular weight is 403 g/mol. The third-order valence-corrected chi connectivity index (χ3v) is 5.90. The Morgan fingerprint density at radius 2 is 1.90 bits per heavy atom. The molecule has 0 radical (unpaired) electrons. The SMILES string of the molecule is CN=C(NCCCCN1CCOCC1)NCC1CCCOC1c1ccc(C)cc1. The summed E-state index contributed by atoms with van der Waals surface area (Å²) in [6, 6.07) is 8.77. The van der Waals surface area contributed by atoms with Crippen molar-refractivity contribution >= 4 is 5.96 Å². The van der Waals surface area contributed by atoms with Crippen LogP contribution in [0.4, 0.5) is 0 Å². The largest absolute Gasteiger partial charge is 0.379 e. The molecule has 1 aromatic rings. The number of rotatable bonds is 8. The van der Waals surface area contributed by atoms with E-state index in [1.165, 1.54) is 24.0 Å². The molecule has 2 atom stereocenters. The maximum Gasteiger partial charge on any atom is 0.190 e. The van der Waals surface area contributed by atoms with Gasteiger partial charge in [0.25, 0.3) is 0 Å². The third-order valence-electron chi connectivity index (χ3n) is 5.90. The lowest BCUT2D eigenvalue weighted by Crippen LogP contribution is -2.42. The first-order valence-corrected chi connectivity index (χ1v) is 11.2. The molecule has 0 amide bonds. The van der Waals surface area contributed by atoms with Crippen LogP contribution in [0.1, 0.15) is 42.9 Å². The highest BCUT2D eigenvalue weighted by Crippen LogP contribution is 2.33. The summed E-state index contributed by atoms with van der Waals surface area (Å²) in [7, 11) is 1.85. The van der Waals surface area contributed by atoms with Gasteiger partial charge >= 0.3 is 0 Å². The summed E-state index contributed by atoms with van der Waals surface area (Å²) in [6.45, 7) is 9.87. The van der Waals surface area contributed by atoms with Gasteiger partial charge in [0, 0.05) is 45.8 Å². The van der Waals surface area contributed by atoms with Gasteiger partial charge in [-0.15, -0.1) is 0 Å². The normalized spacial score (nSPS) is 23.7. The van der Waals surface area contributed by atoms with Crippen molar-refractivity contribution in [2.45, 2.75) is 38.7 Å². The minimum absolute atomic E-state index is 0.170. The van der Waals surface area contributed by atoms with E-state index in [4.69, 9.17) is 9.47 Å². The fraction of sp³-hybridized carbons (Fsp3) is 0.696. The molecule has 0 spiro atoms. The van der Waals surface area contributed by atoms with Crippen LogP contribution in [0.2, 0.25) is 0 Å². The Morgan fingerprint density at radius 1 is 1.10 bits per heavy atom. The lowest BCUT2D eigenvalue weighted by molar-refractivity contribution is -0.0265. The van der Waals surface area contributed by atoms with E-state index in [-0.39, 0.29) is 6.10 Å². The molecule has 2 aliphatic rings. The molecule has 0 bridgehead atoms. The molecular formula is C23H38N4O2. The Hall–Kier alpha value is -1.63. The molecular weight excluding hydrogens is 364 g/mol. The second-order valence-electron chi connectivity index (χ2n) is 8.15. The number of ether oxygens (including phenoxy) is 2. The molecule has 162 valence electrons. The van der Waals surface area contributed by atoms with E-state index in [9.17, 15) is 0 Å². The lowest BCUT2D eigenvalue weighted by atomic mass is 9.89. The van der Waals surface area contributed by atoms with Crippen LogP contribution >= 0.6 is 0 Å². The van der Waals surface area contributed by atoms with E-state index in [0.29, 0.717) is 5.92 Å². The van der Waals surface area contributed by atoms with E-state index in [2.05, 4.69) is 51.7 Å². The second-order valence-corrected chi connectivity index (χ2v) is 8.15. The molecule has 3 rings (SSSR count). The first kappa shape index (κ1) is 22.1. The first-order valence-electron chi connectivity index (χ1n) is 11.2. The highest BCUT2D eigenvalue weighted by Gasteiger charge is 2.27. The van der Waals surface area contributed by atoms with Crippen molar-refractivity contribution in [1.82, 2.24) is 15.5 Å². The van der Waals surface area contributed by atoms with E-state index in [1.807, 2.05) is 7.05 Å². The number of guanidine groups is 1. The zero-order chi connectivity index (χ0) is 20.3. The van der Waals surface area contributed by atoms with Crippen LogP contribution < -0.4 is 10.6 Å². The maximum atomic E-state index is 6.14. The standard InChI is InChI=1S/C23H38N4O2/c1-19-7-9-20(10-8-19)22-21(6-5-15-29-22)18-26-23(24-2)25-11-3-4-12-27-13-16-28-17-14-27/h7-10,21-22H,3-6,11-18H2,1-2H3,(H2,24,25,26). The minimum atomic E-state index is 0.170. The van der Waals surface area contributed by atoms with Crippen LogP contribution in [0, 0.1) is 12.8 Å². The van der Waals surface area contributed by atoms with Gasteiger partial charge in [-0.25, -0.2) is 0 Å². The van der Waals surface area contributed by atoms with Crippen molar-refractivity contribution < 1.29 is 9.47 Å². The van der Waals surface area contributed by atoms with Crippen molar-refractivity contribution in [2.24, 2.45) is 10.9 Å². The smallest absolute Gasteiger partial charge is 0.190 e. The average Bonchev–Trinajstić information content (AvgIpc) is 2.77. The molecule has 2 fully saturated rings. The van der Waals surface area contributed by atoms with Crippen molar-refractivity contribution in [3.8, 4) is 0 Å².